The summed E-state index contributed by atoms with van der Waals surface area (Å²) in [6.07, 6.45) is 6.17. The van der Waals surface area contributed by atoms with Gasteiger partial charge in [0, 0.05) is 12.7 Å². The lowest BCUT2D eigenvalue weighted by molar-refractivity contribution is 0.0525. The largest absolute Gasteiger partial charge is 0.444 e. The third kappa shape index (κ3) is 4.05. The van der Waals surface area contributed by atoms with Gasteiger partial charge in [-0.25, -0.2) is 4.79 Å². The maximum absolute atomic E-state index is 11.4. The van der Waals surface area contributed by atoms with Crippen molar-refractivity contribution >= 4 is 6.09 Å². The summed E-state index contributed by atoms with van der Waals surface area (Å²) in [5.74, 6) is 0.720. The Morgan fingerprint density at radius 3 is 2.89 bits per heavy atom. The molecule has 5 heteroatoms. The topological polar surface area (TPSA) is 56.1 Å². The van der Waals surface area contributed by atoms with Crippen molar-refractivity contribution in [2.75, 3.05) is 6.54 Å². The lowest BCUT2D eigenvalue weighted by Gasteiger charge is -2.19. The van der Waals surface area contributed by atoms with Crippen molar-refractivity contribution in [3.8, 4) is 0 Å². The molecular weight excluding hydrogens is 230 g/mol. The highest BCUT2D eigenvalue weighted by Crippen LogP contribution is 2.39. The Morgan fingerprint density at radius 2 is 2.28 bits per heavy atom. The Kier molecular flexibility index (Phi) is 3.59. The summed E-state index contributed by atoms with van der Waals surface area (Å²) in [5, 5.41) is 6.99. The highest BCUT2D eigenvalue weighted by atomic mass is 16.6. The predicted molar refractivity (Wildman–Crippen MR) is 68.4 cm³/mol. The van der Waals surface area contributed by atoms with Gasteiger partial charge in [0.15, 0.2) is 0 Å². The van der Waals surface area contributed by atoms with Crippen molar-refractivity contribution in [1.82, 2.24) is 15.1 Å². The molecule has 0 saturated heterocycles. The molecular formula is C13H21N3O2. The molecule has 0 aromatic carbocycles. The van der Waals surface area contributed by atoms with E-state index in [1.165, 1.54) is 18.4 Å². The first-order valence-electron chi connectivity index (χ1n) is 6.43. The van der Waals surface area contributed by atoms with Gasteiger partial charge in [-0.05, 0) is 45.1 Å². The highest BCUT2D eigenvalue weighted by Gasteiger charge is 2.24. The Hall–Kier alpha value is -1.52. The molecule has 1 N–H and O–H groups in total. The third-order valence-corrected chi connectivity index (χ3v) is 2.71. The monoisotopic (exact) mass is 251 g/mol. The first-order valence-corrected chi connectivity index (χ1v) is 6.43. The number of carbonyl (C=O) groups is 1. The average molecular weight is 251 g/mol. The molecule has 0 aliphatic heterocycles. The lowest BCUT2D eigenvalue weighted by Crippen LogP contribution is -2.34. The maximum atomic E-state index is 11.4. The minimum absolute atomic E-state index is 0.378. The molecule has 2 rings (SSSR count). The van der Waals surface area contributed by atoms with E-state index in [2.05, 4.69) is 16.6 Å². The van der Waals surface area contributed by atoms with Gasteiger partial charge in [0.25, 0.3) is 0 Å². The van der Waals surface area contributed by atoms with Gasteiger partial charge in [-0.3, -0.25) is 4.68 Å². The number of rotatable bonds is 4. The molecule has 1 amide bonds. The van der Waals surface area contributed by atoms with E-state index < -0.39 is 5.60 Å². The van der Waals surface area contributed by atoms with Crippen molar-refractivity contribution < 1.29 is 9.53 Å². The lowest BCUT2D eigenvalue weighted by atomic mass is 10.2. The number of hydrogen-bond donors (Lipinski definition) is 1. The van der Waals surface area contributed by atoms with Gasteiger partial charge in [0.2, 0.25) is 0 Å². The number of hydrogen-bond acceptors (Lipinski definition) is 3. The quantitative estimate of drug-likeness (QED) is 0.893. The number of nitrogens with one attached hydrogen (secondary N) is 1. The number of alkyl carbamates (subject to hydrolysis) is 1. The molecule has 100 valence electrons. The fourth-order valence-corrected chi connectivity index (χ4v) is 1.72. The molecule has 0 radical (unpaired) electrons. The fraction of sp³-hybridized carbons (Fsp3) is 0.692. The van der Waals surface area contributed by atoms with Gasteiger partial charge in [-0.1, -0.05) is 0 Å². The zero-order valence-electron chi connectivity index (χ0n) is 11.3. The normalized spacial score (nSPS) is 15.5. The summed E-state index contributed by atoms with van der Waals surface area (Å²) in [6.45, 7) is 6.75. The van der Waals surface area contributed by atoms with Crippen molar-refractivity contribution in [2.24, 2.45) is 0 Å². The Labute approximate surface area is 108 Å². The van der Waals surface area contributed by atoms with Crippen LogP contribution in [0.5, 0.6) is 0 Å². The van der Waals surface area contributed by atoms with Gasteiger partial charge >= 0.3 is 6.09 Å². The van der Waals surface area contributed by atoms with Crippen molar-refractivity contribution in [3.05, 3.63) is 18.0 Å². The summed E-state index contributed by atoms with van der Waals surface area (Å²) in [7, 11) is 0. The van der Waals surface area contributed by atoms with E-state index in [1.54, 1.807) is 0 Å². The van der Waals surface area contributed by atoms with E-state index in [4.69, 9.17) is 4.74 Å². The first-order chi connectivity index (χ1) is 8.44. The minimum atomic E-state index is -0.449. The van der Waals surface area contributed by atoms with Crippen LogP contribution in [0.25, 0.3) is 0 Å². The van der Waals surface area contributed by atoms with Crippen LogP contribution in [-0.2, 0) is 11.3 Å². The number of ether oxygens (including phenoxy) is 1. The Bertz CT molecular complexity index is 416. The minimum Gasteiger partial charge on any atom is -0.444 e. The van der Waals surface area contributed by atoms with Crippen LogP contribution < -0.4 is 5.32 Å². The van der Waals surface area contributed by atoms with Gasteiger partial charge < -0.3 is 10.1 Å². The second-order valence-corrected chi connectivity index (χ2v) is 5.74. The van der Waals surface area contributed by atoms with Crippen LogP contribution in [-0.4, -0.2) is 28.0 Å². The molecule has 5 nitrogen and oxygen atoms in total. The van der Waals surface area contributed by atoms with E-state index in [1.807, 2.05) is 31.6 Å². The van der Waals surface area contributed by atoms with Crippen LogP contribution in [0, 0.1) is 0 Å². The summed E-state index contributed by atoms with van der Waals surface area (Å²) in [4.78, 5) is 11.4. The van der Waals surface area contributed by atoms with E-state index >= 15 is 0 Å². The molecule has 18 heavy (non-hydrogen) atoms. The molecule has 1 heterocycles. The van der Waals surface area contributed by atoms with Crippen LogP contribution in [0.2, 0.25) is 0 Å². The Balaban J connectivity index is 1.69. The third-order valence-electron chi connectivity index (χ3n) is 2.71. The molecule has 1 saturated carbocycles. The van der Waals surface area contributed by atoms with Crippen molar-refractivity contribution in [3.63, 3.8) is 0 Å². The van der Waals surface area contributed by atoms with Crippen LogP contribution in [0.15, 0.2) is 12.4 Å². The number of nitrogens with zero attached hydrogens (tertiary/aromatic N) is 2. The smallest absolute Gasteiger partial charge is 0.407 e. The van der Waals surface area contributed by atoms with E-state index in [9.17, 15) is 4.79 Å². The van der Waals surface area contributed by atoms with Gasteiger partial charge in [0.1, 0.15) is 5.60 Å². The molecule has 0 unspecified atom stereocenters. The molecule has 0 atom stereocenters. The standard InChI is InChI=1S/C13H21N3O2/c1-13(2,3)18-12(17)14-6-7-16-9-11(8-15-16)10-4-5-10/h8-10H,4-7H2,1-3H3,(H,14,17). The zero-order chi connectivity index (χ0) is 13.2. The number of carbonyl (C=O) groups excluding carboxylic acids is 1. The molecule has 1 aliphatic rings. The van der Waals surface area contributed by atoms with E-state index in [-0.39, 0.29) is 6.09 Å². The second-order valence-electron chi connectivity index (χ2n) is 5.74. The molecule has 1 aromatic rings. The van der Waals surface area contributed by atoms with Crippen LogP contribution in [0.1, 0.15) is 45.1 Å². The van der Waals surface area contributed by atoms with Crippen LogP contribution in [0.4, 0.5) is 4.79 Å². The molecule has 1 aliphatic carbocycles. The van der Waals surface area contributed by atoms with E-state index in [0.29, 0.717) is 13.1 Å². The average Bonchev–Trinajstić information content (AvgIpc) is 2.97. The summed E-state index contributed by atoms with van der Waals surface area (Å²) in [6, 6.07) is 0. The first kappa shape index (κ1) is 12.9. The second kappa shape index (κ2) is 5.00. The number of amides is 1. The predicted octanol–water partition coefficient (Wildman–Crippen LogP) is 2.29. The Morgan fingerprint density at radius 1 is 1.56 bits per heavy atom. The van der Waals surface area contributed by atoms with Crippen molar-refractivity contribution in [1.29, 1.82) is 0 Å². The molecule has 0 bridgehead atoms. The molecule has 1 aromatic heterocycles. The summed E-state index contributed by atoms with van der Waals surface area (Å²) < 4.78 is 7.02. The van der Waals surface area contributed by atoms with Crippen molar-refractivity contribution in [2.45, 2.75) is 51.7 Å². The van der Waals surface area contributed by atoms with Gasteiger partial charge in [0.05, 0.1) is 12.7 Å². The van der Waals surface area contributed by atoms with Crippen LogP contribution in [0.3, 0.4) is 0 Å². The summed E-state index contributed by atoms with van der Waals surface area (Å²) >= 11 is 0. The highest BCUT2D eigenvalue weighted by molar-refractivity contribution is 5.67. The van der Waals surface area contributed by atoms with Gasteiger partial charge in [-0.2, -0.15) is 5.10 Å². The van der Waals surface area contributed by atoms with E-state index in [0.717, 1.165) is 5.92 Å². The van der Waals surface area contributed by atoms with Crippen LogP contribution >= 0.6 is 0 Å². The molecule has 1 fully saturated rings. The zero-order valence-corrected chi connectivity index (χ0v) is 11.3. The SMILES string of the molecule is CC(C)(C)OC(=O)NCCn1cc(C2CC2)cn1. The summed E-state index contributed by atoms with van der Waals surface area (Å²) in [5.41, 5.74) is 0.863. The number of aromatic nitrogens is 2. The molecule has 0 spiro atoms. The maximum Gasteiger partial charge on any atom is 0.407 e. The fourth-order valence-electron chi connectivity index (χ4n) is 1.72. The van der Waals surface area contributed by atoms with Gasteiger partial charge in [-0.15, -0.1) is 0 Å².